The number of anilines is 1. The summed E-state index contributed by atoms with van der Waals surface area (Å²) in [6, 6.07) is 0. The van der Waals surface area contributed by atoms with Crippen molar-refractivity contribution in [2.45, 2.75) is 27.7 Å². The number of nitrogens with one attached hydrogen (secondary N) is 1. The zero-order chi connectivity index (χ0) is 14.9. The molecule has 1 unspecified atom stereocenters. The van der Waals surface area contributed by atoms with Gasteiger partial charge in [-0.05, 0) is 24.3 Å². The first kappa shape index (κ1) is 14.7. The molecule has 0 aliphatic rings. The number of carboxylic acids is 1. The van der Waals surface area contributed by atoms with Crippen molar-refractivity contribution in [2.75, 3.05) is 11.9 Å². The summed E-state index contributed by atoms with van der Waals surface area (Å²) in [4.78, 5) is 20.7. The number of carboxylic acid groups (broad SMARTS) is 1. The first-order chi connectivity index (χ1) is 9.41. The van der Waals surface area contributed by atoms with Gasteiger partial charge in [-0.1, -0.05) is 20.8 Å². The number of aryl methyl sites for hydroxylation is 1. The van der Waals surface area contributed by atoms with Crippen molar-refractivity contribution >= 4 is 33.3 Å². The summed E-state index contributed by atoms with van der Waals surface area (Å²) in [6.07, 6.45) is 1.48. The van der Waals surface area contributed by atoms with Crippen LogP contribution in [0.25, 0.3) is 10.2 Å². The fourth-order valence-electron chi connectivity index (χ4n) is 1.90. The van der Waals surface area contributed by atoms with E-state index < -0.39 is 5.97 Å². The Balaban J connectivity index is 2.36. The predicted molar refractivity (Wildman–Crippen MR) is 81.6 cm³/mol. The SMILES string of the molecule is Cc1c(C(=O)O)sc2ncnc(NCC(C)C(C)C)c12. The fraction of sp³-hybridized carbons (Fsp3) is 0.500. The number of aromatic carboxylic acids is 1. The Labute approximate surface area is 122 Å². The molecule has 2 aromatic rings. The van der Waals surface area contributed by atoms with E-state index in [-0.39, 0.29) is 0 Å². The van der Waals surface area contributed by atoms with Crippen molar-refractivity contribution in [1.82, 2.24) is 9.97 Å². The molecule has 1 atom stereocenters. The third-order valence-electron chi connectivity index (χ3n) is 3.65. The van der Waals surface area contributed by atoms with Crippen molar-refractivity contribution in [3.05, 3.63) is 16.8 Å². The zero-order valence-corrected chi connectivity index (χ0v) is 12.9. The van der Waals surface area contributed by atoms with E-state index in [1.807, 2.05) is 6.92 Å². The number of hydrogen-bond donors (Lipinski definition) is 2. The van der Waals surface area contributed by atoms with Crippen LogP contribution in [-0.4, -0.2) is 27.6 Å². The van der Waals surface area contributed by atoms with Gasteiger partial charge in [0.1, 0.15) is 21.9 Å². The molecular weight excluding hydrogens is 274 g/mol. The molecule has 5 nitrogen and oxygen atoms in total. The molecule has 2 aromatic heterocycles. The van der Waals surface area contributed by atoms with Crippen molar-refractivity contribution < 1.29 is 9.90 Å². The van der Waals surface area contributed by atoms with Gasteiger partial charge >= 0.3 is 5.97 Å². The van der Waals surface area contributed by atoms with Crippen molar-refractivity contribution in [1.29, 1.82) is 0 Å². The quantitative estimate of drug-likeness (QED) is 0.883. The van der Waals surface area contributed by atoms with E-state index in [9.17, 15) is 9.90 Å². The molecule has 0 radical (unpaired) electrons. The average Bonchev–Trinajstić information content (AvgIpc) is 2.74. The van der Waals surface area contributed by atoms with Gasteiger partial charge in [0.05, 0.1) is 5.39 Å². The van der Waals surface area contributed by atoms with Crippen LogP contribution in [-0.2, 0) is 0 Å². The van der Waals surface area contributed by atoms with Crippen LogP contribution in [0.3, 0.4) is 0 Å². The molecule has 0 saturated carbocycles. The third-order valence-corrected chi connectivity index (χ3v) is 4.84. The van der Waals surface area contributed by atoms with Gasteiger partial charge in [-0.2, -0.15) is 0 Å². The molecule has 0 amide bonds. The van der Waals surface area contributed by atoms with E-state index >= 15 is 0 Å². The van der Waals surface area contributed by atoms with Crippen LogP contribution < -0.4 is 5.32 Å². The molecule has 0 aromatic carbocycles. The number of hydrogen-bond acceptors (Lipinski definition) is 5. The molecular formula is C14H19N3O2S. The number of carbonyl (C=O) groups is 1. The zero-order valence-electron chi connectivity index (χ0n) is 12.1. The molecule has 0 aliphatic carbocycles. The maximum Gasteiger partial charge on any atom is 0.346 e. The van der Waals surface area contributed by atoms with E-state index in [0.717, 1.165) is 28.1 Å². The first-order valence-corrected chi connectivity index (χ1v) is 7.44. The van der Waals surface area contributed by atoms with E-state index in [4.69, 9.17) is 0 Å². The highest BCUT2D eigenvalue weighted by atomic mass is 32.1. The Kier molecular flexibility index (Phi) is 4.23. The minimum atomic E-state index is -0.910. The Bertz CT molecular complexity index is 637. The number of aromatic nitrogens is 2. The Hall–Kier alpha value is -1.69. The van der Waals surface area contributed by atoms with E-state index in [2.05, 4.69) is 36.1 Å². The van der Waals surface area contributed by atoms with Crippen molar-refractivity contribution in [3.8, 4) is 0 Å². The highest BCUT2D eigenvalue weighted by molar-refractivity contribution is 7.20. The summed E-state index contributed by atoms with van der Waals surface area (Å²) in [5.74, 6) is 0.909. The van der Waals surface area contributed by atoms with Crippen molar-refractivity contribution in [2.24, 2.45) is 11.8 Å². The van der Waals surface area contributed by atoms with E-state index in [1.165, 1.54) is 17.7 Å². The standard InChI is InChI=1S/C14H19N3O2S/c1-7(2)8(3)5-15-12-10-9(4)11(14(18)19)20-13(10)17-6-16-12/h6-8H,5H2,1-4H3,(H,18,19)(H,15,16,17). The third kappa shape index (κ3) is 2.75. The molecule has 0 spiro atoms. The molecule has 0 fully saturated rings. The molecule has 0 bridgehead atoms. The monoisotopic (exact) mass is 293 g/mol. The number of thiophene rings is 1. The summed E-state index contributed by atoms with van der Waals surface area (Å²) in [5, 5.41) is 13.3. The number of fused-ring (bicyclic) bond motifs is 1. The van der Waals surface area contributed by atoms with Gasteiger partial charge in [-0.15, -0.1) is 11.3 Å². The van der Waals surface area contributed by atoms with Gasteiger partial charge in [-0.25, -0.2) is 14.8 Å². The lowest BCUT2D eigenvalue weighted by Gasteiger charge is -2.16. The fourth-order valence-corrected chi connectivity index (χ4v) is 2.89. The second-order valence-corrected chi connectivity index (χ2v) is 6.37. The summed E-state index contributed by atoms with van der Waals surface area (Å²) in [5.41, 5.74) is 0.734. The van der Waals surface area contributed by atoms with Gasteiger partial charge in [0.25, 0.3) is 0 Å². The van der Waals surface area contributed by atoms with Crippen LogP contribution in [0.5, 0.6) is 0 Å². The number of rotatable bonds is 5. The molecule has 6 heteroatoms. The van der Waals surface area contributed by atoms with Gasteiger partial charge in [0, 0.05) is 6.54 Å². The first-order valence-electron chi connectivity index (χ1n) is 6.63. The molecule has 20 heavy (non-hydrogen) atoms. The number of nitrogens with zero attached hydrogens (tertiary/aromatic N) is 2. The normalized spacial score (nSPS) is 12.8. The topological polar surface area (TPSA) is 75.1 Å². The Morgan fingerprint density at radius 2 is 2.10 bits per heavy atom. The summed E-state index contributed by atoms with van der Waals surface area (Å²) >= 11 is 1.20. The Morgan fingerprint density at radius 1 is 1.40 bits per heavy atom. The smallest absolute Gasteiger partial charge is 0.346 e. The Morgan fingerprint density at radius 3 is 2.70 bits per heavy atom. The molecule has 0 saturated heterocycles. The molecule has 2 N–H and O–H groups in total. The summed E-state index contributed by atoms with van der Waals surface area (Å²) in [7, 11) is 0. The highest BCUT2D eigenvalue weighted by Crippen LogP contribution is 2.33. The van der Waals surface area contributed by atoms with Gasteiger partial charge in [0.15, 0.2) is 0 Å². The highest BCUT2D eigenvalue weighted by Gasteiger charge is 2.18. The second kappa shape index (κ2) is 5.75. The van der Waals surface area contributed by atoms with Crippen LogP contribution in [0.15, 0.2) is 6.33 Å². The lowest BCUT2D eigenvalue weighted by Crippen LogP contribution is -2.17. The van der Waals surface area contributed by atoms with Gasteiger partial charge in [-0.3, -0.25) is 0 Å². The average molecular weight is 293 g/mol. The summed E-state index contributed by atoms with van der Waals surface area (Å²) < 4.78 is 0. The van der Waals surface area contributed by atoms with Gasteiger partial charge in [0.2, 0.25) is 0 Å². The van der Waals surface area contributed by atoms with Gasteiger partial charge < -0.3 is 10.4 Å². The maximum absolute atomic E-state index is 11.2. The molecule has 108 valence electrons. The summed E-state index contributed by atoms with van der Waals surface area (Å²) in [6.45, 7) is 9.16. The predicted octanol–water partition coefficient (Wildman–Crippen LogP) is 3.40. The van der Waals surface area contributed by atoms with Crippen LogP contribution in [0.2, 0.25) is 0 Å². The lowest BCUT2D eigenvalue weighted by molar-refractivity contribution is 0.0701. The van der Waals surface area contributed by atoms with Crippen LogP contribution in [0, 0.1) is 18.8 Å². The minimum Gasteiger partial charge on any atom is -0.477 e. The second-order valence-electron chi connectivity index (χ2n) is 5.37. The lowest BCUT2D eigenvalue weighted by atomic mass is 9.98. The van der Waals surface area contributed by atoms with E-state index in [1.54, 1.807) is 0 Å². The van der Waals surface area contributed by atoms with Crippen molar-refractivity contribution in [3.63, 3.8) is 0 Å². The van der Waals surface area contributed by atoms with Crippen LogP contribution >= 0.6 is 11.3 Å². The maximum atomic E-state index is 11.2. The molecule has 0 aliphatic heterocycles. The van der Waals surface area contributed by atoms with E-state index in [0.29, 0.717) is 16.7 Å². The molecule has 2 rings (SSSR count). The van der Waals surface area contributed by atoms with Crippen LogP contribution in [0.1, 0.15) is 36.0 Å². The largest absolute Gasteiger partial charge is 0.477 e. The van der Waals surface area contributed by atoms with Crippen LogP contribution in [0.4, 0.5) is 5.82 Å². The minimum absolute atomic E-state index is 0.334. The molecule has 2 heterocycles.